The molecule has 0 saturated heterocycles. The molecule has 5 N–H and O–H groups in total. The highest BCUT2D eigenvalue weighted by atomic mass is 16.1. The Morgan fingerprint density at radius 3 is 2.11 bits per heavy atom. The number of nitrogens with one attached hydrogen (secondary N) is 1. The van der Waals surface area contributed by atoms with E-state index in [1.54, 1.807) is 0 Å². The standard InChI is InChI=1S/C14H32N4O/c1-13(2,15)10-11(14(3,4)16)12(19)17-8-7-9-18(5)6/h11H,7-10,15-16H2,1-6H3,(H,17,19). The van der Waals surface area contributed by atoms with Crippen LogP contribution >= 0.6 is 0 Å². The van der Waals surface area contributed by atoms with E-state index in [4.69, 9.17) is 11.5 Å². The van der Waals surface area contributed by atoms with E-state index in [1.807, 2.05) is 41.8 Å². The molecule has 5 nitrogen and oxygen atoms in total. The second-order valence-electron chi connectivity index (χ2n) is 7.01. The minimum absolute atomic E-state index is 0.00443. The molecule has 0 heterocycles. The molecular formula is C14H32N4O. The van der Waals surface area contributed by atoms with E-state index in [0.29, 0.717) is 13.0 Å². The number of carbonyl (C=O) groups excluding carboxylic acids is 1. The molecule has 114 valence electrons. The summed E-state index contributed by atoms with van der Waals surface area (Å²) in [6, 6.07) is 0. The van der Waals surface area contributed by atoms with E-state index in [0.717, 1.165) is 13.0 Å². The van der Waals surface area contributed by atoms with Gasteiger partial charge in [-0.25, -0.2) is 0 Å². The van der Waals surface area contributed by atoms with Crippen molar-refractivity contribution in [1.29, 1.82) is 0 Å². The normalized spacial score (nSPS) is 14.6. The molecule has 0 aliphatic heterocycles. The number of rotatable bonds is 8. The van der Waals surface area contributed by atoms with E-state index < -0.39 is 11.1 Å². The van der Waals surface area contributed by atoms with Gasteiger partial charge in [0.05, 0.1) is 5.92 Å². The second-order valence-corrected chi connectivity index (χ2v) is 7.01. The first-order valence-electron chi connectivity index (χ1n) is 6.93. The number of hydrogen-bond donors (Lipinski definition) is 3. The number of nitrogens with zero attached hydrogens (tertiary/aromatic N) is 1. The SMILES string of the molecule is CN(C)CCCNC(=O)C(CC(C)(C)N)C(C)(C)N. The largest absolute Gasteiger partial charge is 0.356 e. The molecule has 0 fully saturated rings. The van der Waals surface area contributed by atoms with Crippen molar-refractivity contribution in [3.63, 3.8) is 0 Å². The Balaban J connectivity index is 4.41. The lowest BCUT2D eigenvalue weighted by molar-refractivity contribution is -0.127. The molecule has 0 rings (SSSR count). The molecule has 1 atom stereocenters. The first-order chi connectivity index (χ1) is 8.43. The average molecular weight is 272 g/mol. The summed E-state index contributed by atoms with van der Waals surface area (Å²) in [5.41, 5.74) is 11.2. The van der Waals surface area contributed by atoms with Crippen molar-refractivity contribution < 1.29 is 4.79 Å². The second kappa shape index (κ2) is 7.22. The summed E-state index contributed by atoms with van der Waals surface area (Å²) in [6.45, 7) is 9.23. The Hall–Kier alpha value is -0.650. The van der Waals surface area contributed by atoms with Crippen LogP contribution in [0.25, 0.3) is 0 Å². The van der Waals surface area contributed by atoms with Crippen molar-refractivity contribution in [3.8, 4) is 0 Å². The van der Waals surface area contributed by atoms with Gasteiger partial charge in [-0.2, -0.15) is 0 Å². The summed E-state index contributed by atoms with van der Waals surface area (Å²) < 4.78 is 0. The van der Waals surface area contributed by atoms with Crippen molar-refractivity contribution in [3.05, 3.63) is 0 Å². The fourth-order valence-electron chi connectivity index (χ4n) is 1.95. The molecule has 0 aromatic heterocycles. The minimum Gasteiger partial charge on any atom is -0.356 e. The highest BCUT2D eigenvalue weighted by Gasteiger charge is 2.35. The van der Waals surface area contributed by atoms with Crippen molar-refractivity contribution >= 4 is 5.91 Å². The number of nitrogens with two attached hydrogens (primary N) is 2. The van der Waals surface area contributed by atoms with Crippen LogP contribution in [0, 0.1) is 5.92 Å². The van der Waals surface area contributed by atoms with Gasteiger partial charge in [-0.1, -0.05) is 0 Å². The maximum atomic E-state index is 12.3. The molecule has 0 spiro atoms. The van der Waals surface area contributed by atoms with E-state index in [2.05, 4.69) is 10.2 Å². The molecule has 1 amide bonds. The highest BCUT2D eigenvalue weighted by Crippen LogP contribution is 2.23. The summed E-state index contributed by atoms with van der Waals surface area (Å²) in [7, 11) is 4.04. The average Bonchev–Trinajstić information content (AvgIpc) is 2.17. The smallest absolute Gasteiger partial charge is 0.225 e. The molecule has 0 aliphatic carbocycles. The van der Waals surface area contributed by atoms with Crippen LogP contribution in [0.1, 0.15) is 40.5 Å². The van der Waals surface area contributed by atoms with Crippen LogP contribution in [-0.4, -0.2) is 49.1 Å². The number of carbonyl (C=O) groups is 1. The zero-order chi connectivity index (χ0) is 15.3. The third kappa shape index (κ3) is 8.97. The Morgan fingerprint density at radius 2 is 1.74 bits per heavy atom. The van der Waals surface area contributed by atoms with Gasteiger partial charge in [0.2, 0.25) is 5.91 Å². The predicted octanol–water partition coefficient (Wildman–Crippen LogP) is 0.535. The number of amides is 1. The minimum atomic E-state index is -0.567. The predicted molar refractivity (Wildman–Crippen MR) is 80.8 cm³/mol. The molecule has 0 bridgehead atoms. The molecule has 0 saturated carbocycles. The topological polar surface area (TPSA) is 84.4 Å². The van der Waals surface area contributed by atoms with Crippen molar-refractivity contribution in [1.82, 2.24) is 10.2 Å². The first-order valence-corrected chi connectivity index (χ1v) is 6.93. The maximum absolute atomic E-state index is 12.3. The van der Waals surface area contributed by atoms with Gasteiger partial charge in [-0.3, -0.25) is 4.79 Å². The summed E-state index contributed by atoms with van der Waals surface area (Å²) in [5, 5.41) is 2.97. The van der Waals surface area contributed by atoms with Gasteiger partial charge in [-0.05, 0) is 61.2 Å². The van der Waals surface area contributed by atoms with Gasteiger partial charge in [-0.15, -0.1) is 0 Å². The molecule has 0 aliphatic rings. The summed E-state index contributed by atoms with van der Waals surface area (Å²) >= 11 is 0. The van der Waals surface area contributed by atoms with Gasteiger partial charge in [0.15, 0.2) is 0 Å². The van der Waals surface area contributed by atoms with E-state index in [9.17, 15) is 4.79 Å². The van der Waals surface area contributed by atoms with Crippen LogP contribution < -0.4 is 16.8 Å². The lowest BCUT2D eigenvalue weighted by Gasteiger charge is -2.34. The molecule has 0 aromatic carbocycles. The third-order valence-electron chi connectivity index (χ3n) is 3.03. The Bertz CT molecular complexity index is 276. The van der Waals surface area contributed by atoms with E-state index >= 15 is 0 Å². The van der Waals surface area contributed by atoms with Crippen LogP contribution in [0.15, 0.2) is 0 Å². The van der Waals surface area contributed by atoms with E-state index in [-0.39, 0.29) is 11.8 Å². The molecule has 5 heteroatoms. The van der Waals surface area contributed by atoms with Crippen molar-refractivity contribution in [2.75, 3.05) is 27.2 Å². The quantitative estimate of drug-likeness (QED) is 0.563. The van der Waals surface area contributed by atoms with Crippen molar-refractivity contribution in [2.45, 2.75) is 51.6 Å². The maximum Gasteiger partial charge on any atom is 0.225 e. The van der Waals surface area contributed by atoms with Crippen LogP contribution in [-0.2, 0) is 4.79 Å². The molecule has 0 aromatic rings. The van der Waals surface area contributed by atoms with Crippen LogP contribution in [0.2, 0.25) is 0 Å². The molecule has 19 heavy (non-hydrogen) atoms. The summed E-state index contributed by atoms with van der Waals surface area (Å²) in [4.78, 5) is 14.3. The zero-order valence-corrected chi connectivity index (χ0v) is 13.4. The molecule has 0 radical (unpaired) electrons. The third-order valence-corrected chi connectivity index (χ3v) is 3.03. The zero-order valence-electron chi connectivity index (χ0n) is 13.4. The lowest BCUT2D eigenvalue weighted by Crippen LogP contribution is -2.53. The lowest BCUT2D eigenvalue weighted by atomic mass is 9.79. The summed E-state index contributed by atoms with van der Waals surface area (Å²) in [5.74, 6) is -0.267. The monoisotopic (exact) mass is 272 g/mol. The van der Waals surface area contributed by atoms with Gasteiger partial charge in [0.1, 0.15) is 0 Å². The molecular weight excluding hydrogens is 240 g/mol. The first kappa shape index (κ1) is 18.4. The van der Waals surface area contributed by atoms with E-state index in [1.165, 1.54) is 0 Å². The van der Waals surface area contributed by atoms with Crippen LogP contribution in [0.4, 0.5) is 0 Å². The summed E-state index contributed by atoms with van der Waals surface area (Å²) in [6.07, 6.45) is 1.51. The highest BCUT2D eigenvalue weighted by molar-refractivity contribution is 5.80. The van der Waals surface area contributed by atoms with Crippen LogP contribution in [0.3, 0.4) is 0 Å². The van der Waals surface area contributed by atoms with Gasteiger partial charge in [0, 0.05) is 17.6 Å². The van der Waals surface area contributed by atoms with Gasteiger partial charge < -0.3 is 21.7 Å². The Morgan fingerprint density at radius 1 is 1.21 bits per heavy atom. The van der Waals surface area contributed by atoms with Gasteiger partial charge in [0.25, 0.3) is 0 Å². The van der Waals surface area contributed by atoms with Crippen LogP contribution in [0.5, 0.6) is 0 Å². The fraction of sp³-hybridized carbons (Fsp3) is 0.929. The Kier molecular flexibility index (Phi) is 6.97. The Labute approximate surface area is 118 Å². The van der Waals surface area contributed by atoms with Gasteiger partial charge >= 0.3 is 0 Å². The molecule has 1 unspecified atom stereocenters. The van der Waals surface area contributed by atoms with Crippen molar-refractivity contribution in [2.24, 2.45) is 17.4 Å². The fourth-order valence-corrected chi connectivity index (χ4v) is 1.95. The number of hydrogen-bond acceptors (Lipinski definition) is 4.